The van der Waals surface area contributed by atoms with Crippen LogP contribution in [-0.4, -0.2) is 6.54 Å². The van der Waals surface area contributed by atoms with Gasteiger partial charge in [-0.3, -0.25) is 0 Å². The van der Waals surface area contributed by atoms with Crippen LogP contribution in [0.5, 0.6) is 0 Å². The van der Waals surface area contributed by atoms with Crippen molar-refractivity contribution in [3.8, 4) is 0 Å². The van der Waals surface area contributed by atoms with Gasteiger partial charge in [-0.15, -0.1) is 0 Å². The summed E-state index contributed by atoms with van der Waals surface area (Å²) in [4.78, 5) is 0. The lowest BCUT2D eigenvalue weighted by Crippen LogP contribution is -2.39. The molecule has 0 amide bonds. The van der Waals surface area contributed by atoms with Crippen molar-refractivity contribution < 1.29 is 0 Å². The maximum absolute atomic E-state index is 3.45. The van der Waals surface area contributed by atoms with E-state index in [-0.39, 0.29) is 0 Å². The molecule has 0 aromatic carbocycles. The highest BCUT2D eigenvalue weighted by Gasteiger charge is 2.40. The molecule has 1 saturated carbocycles. The molecule has 0 heterocycles. The average Bonchev–Trinajstić information content (AvgIpc) is 2.02. The van der Waals surface area contributed by atoms with Crippen molar-refractivity contribution in [3.63, 3.8) is 0 Å². The van der Waals surface area contributed by atoms with Crippen LogP contribution in [0.25, 0.3) is 0 Å². The van der Waals surface area contributed by atoms with Gasteiger partial charge in [0.2, 0.25) is 0 Å². The molecule has 1 unspecified atom stereocenters. The van der Waals surface area contributed by atoms with Crippen LogP contribution in [0.1, 0.15) is 40.5 Å². The van der Waals surface area contributed by atoms with E-state index in [4.69, 9.17) is 0 Å². The van der Waals surface area contributed by atoms with Crippen LogP contribution in [-0.2, 0) is 0 Å². The maximum Gasteiger partial charge on any atom is 0.0115 e. The fourth-order valence-electron chi connectivity index (χ4n) is 2.07. The minimum absolute atomic E-state index is 0.532. The summed E-state index contributed by atoms with van der Waals surface area (Å²) >= 11 is 0. The predicted molar refractivity (Wildman–Crippen MR) is 53.9 cm³/mol. The largest absolute Gasteiger partial charge is 0.389 e. The summed E-state index contributed by atoms with van der Waals surface area (Å²) in [6.45, 7) is 10.1. The molecule has 0 bridgehead atoms. The summed E-state index contributed by atoms with van der Waals surface area (Å²) in [6.07, 6.45) is 4.97. The molecule has 1 aliphatic carbocycles. The number of allylic oxidation sites excluding steroid dienone is 2. The quantitative estimate of drug-likeness (QED) is 0.681. The third-order valence-electron chi connectivity index (χ3n) is 3.09. The van der Waals surface area contributed by atoms with E-state index in [1.165, 1.54) is 18.5 Å². The van der Waals surface area contributed by atoms with E-state index in [0.717, 1.165) is 12.5 Å². The highest BCUT2D eigenvalue weighted by molar-refractivity contribution is 5.12. The molecule has 1 aliphatic rings. The highest BCUT2D eigenvalue weighted by Crippen LogP contribution is 2.48. The number of rotatable bonds is 3. The van der Waals surface area contributed by atoms with Crippen molar-refractivity contribution in [1.82, 2.24) is 5.32 Å². The highest BCUT2D eigenvalue weighted by atomic mass is 14.9. The Kier molecular flexibility index (Phi) is 2.81. The fraction of sp³-hybridized carbons (Fsp3) is 0.818. The molecule has 70 valence electrons. The second-order valence-electron chi connectivity index (χ2n) is 4.35. The topological polar surface area (TPSA) is 12.0 Å². The monoisotopic (exact) mass is 167 g/mol. The van der Waals surface area contributed by atoms with Gasteiger partial charge in [-0.1, -0.05) is 19.9 Å². The van der Waals surface area contributed by atoms with Gasteiger partial charge in [-0.2, -0.15) is 0 Å². The van der Waals surface area contributed by atoms with Gasteiger partial charge in [-0.25, -0.2) is 0 Å². The van der Waals surface area contributed by atoms with Gasteiger partial charge in [0.25, 0.3) is 0 Å². The summed E-state index contributed by atoms with van der Waals surface area (Å²) in [7, 11) is 0. The molecule has 1 nitrogen and oxygen atoms in total. The summed E-state index contributed by atoms with van der Waals surface area (Å²) < 4.78 is 0. The van der Waals surface area contributed by atoms with Crippen molar-refractivity contribution in [2.45, 2.75) is 40.5 Å². The Morgan fingerprint density at radius 3 is 2.50 bits per heavy atom. The minimum atomic E-state index is 0.532. The molecule has 0 aliphatic heterocycles. The molecule has 1 rings (SSSR count). The number of hydrogen-bond acceptors (Lipinski definition) is 1. The van der Waals surface area contributed by atoms with E-state index in [1.54, 1.807) is 0 Å². The standard InChI is InChI=1S/C11H21N/c1-5-10(12-6-2)9-7-8-11(9,3)4/h5,9,12H,6-8H2,1-4H3/b10-5+. The molecule has 1 atom stereocenters. The first-order chi connectivity index (χ1) is 5.61. The Bertz CT molecular complexity index is 179. The van der Waals surface area contributed by atoms with Gasteiger partial charge in [0.15, 0.2) is 0 Å². The predicted octanol–water partition coefficient (Wildman–Crippen LogP) is 2.94. The lowest BCUT2D eigenvalue weighted by Gasteiger charge is -2.46. The molecule has 0 radical (unpaired) electrons. The Labute approximate surface area is 76.2 Å². The maximum atomic E-state index is 3.45. The van der Waals surface area contributed by atoms with Crippen LogP contribution in [0.3, 0.4) is 0 Å². The van der Waals surface area contributed by atoms with E-state index in [1.807, 2.05) is 0 Å². The Balaban J connectivity index is 2.56. The van der Waals surface area contributed by atoms with E-state index in [0.29, 0.717) is 5.41 Å². The van der Waals surface area contributed by atoms with Crippen molar-refractivity contribution in [2.75, 3.05) is 6.54 Å². The molecule has 0 aromatic heterocycles. The van der Waals surface area contributed by atoms with Gasteiger partial charge in [0, 0.05) is 18.2 Å². The van der Waals surface area contributed by atoms with Gasteiger partial charge < -0.3 is 5.32 Å². The van der Waals surface area contributed by atoms with Crippen LogP contribution in [0.15, 0.2) is 11.8 Å². The first-order valence-electron chi connectivity index (χ1n) is 5.02. The van der Waals surface area contributed by atoms with Crippen LogP contribution >= 0.6 is 0 Å². The van der Waals surface area contributed by atoms with Gasteiger partial charge in [0.05, 0.1) is 0 Å². The Hall–Kier alpha value is -0.460. The van der Waals surface area contributed by atoms with Crippen molar-refractivity contribution in [2.24, 2.45) is 11.3 Å². The molecular formula is C11H21N. The molecule has 1 fully saturated rings. The third kappa shape index (κ3) is 1.65. The molecule has 0 saturated heterocycles. The average molecular weight is 167 g/mol. The molecule has 12 heavy (non-hydrogen) atoms. The van der Waals surface area contributed by atoms with E-state index >= 15 is 0 Å². The van der Waals surface area contributed by atoms with Gasteiger partial charge in [0.1, 0.15) is 0 Å². The van der Waals surface area contributed by atoms with Crippen LogP contribution < -0.4 is 5.32 Å². The molecular weight excluding hydrogens is 146 g/mol. The van der Waals surface area contributed by atoms with Crippen LogP contribution in [0, 0.1) is 11.3 Å². The summed E-state index contributed by atoms with van der Waals surface area (Å²) in [5.41, 5.74) is 1.98. The van der Waals surface area contributed by atoms with Crippen LogP contribution in [0.4, 0.5) is 0 Å². The van der Waals surface area contributed by atoms with E-state index in [2.05, 4.69) is 39.1 Å². The number of nitrogens with one attached hydrogen (secondary N) is 1. The first-order valence-corrected chi connectivity index (χ1v) is 5.02. The van der Waals surface area contributed by atoms with Crippen molar-refractivity contribution in [1.29, 1.82) is 0 Å². The Morgan fingerprint density at radius 1 is 1.58 bits per heavy atom. The summed E-state index contributed by atoms with van der Waals surface area (Å²) in [5.74, 6) is 0.780. The normalized spacial score (nSPS) is 28.0. The third-order valence-corrected chi connectivity index (χ3v) is 3.09. The summed E-state index contributed by atoms with van der Waals surface area (Å²) in [5, 5.41) is 3.45. The molecule has 0 spiro atoms. The lowest BCUT2D eigenvalue weighted by molar-refractivity contribution is 0.0977. The van der Waals surface area contributed by atoms with E-state index in [9.17, 15) is 0 Å². The molecule has 1 N–H and O–H groups in total. The second kappa shape index (κ2) is 3.51. The first kappa shape index (κ1) is 9.63. The smallest absolute Gasteiger partial charge is 0.0115 e. The van der Waals surface area contributed by atoms with E-state index < -0.39 is 0 Å². The summed E-state index contributed by atoms with van der Waals surface area (Å²) in [6, 6.07) is 0. The zero-order valence-electron chi connectivity index (χ0n) is 8.78. The second-order valence-corrected chi connectivity index (χ2v) is 4.35. The van der Waals surface area contributed by atoms with Crippen molar-refractivity contribution in [3.05, 3.63) is 11.8 Å². The SMILES string of the molecule is C/C=C(/NCC)C1CCC1(C)C. The fourth-order valence-corrected chi connectivity index (χ4v) is 2.07. The number of hydrogen-bond donors (Lipinski definition) is 1. The van der Waals surface area contributed by atoms with Crippen LogP contribution in [0.2, 0.25) is 0 Å². The minimum Gasteiger partial charge on any atom is -0.389 e. The van der Waals surface area contributed by atoms with Gasteiger partial charge in [-0.05, 0) is 32.1 Å². The lowest BCUT2D eigenvalue weighted by atomic mass is 9.61. The van der Waals surface area contributed by atoms with Crippen molar-refractivity contribution >= 4 is 0 Å². The van der Waals surface area contributed by atoms with Gasteiger partial charge >= 0.3 is 0 Å². The zero-order valence-corrected chi connectivity index (χ0v) is 8.78. The zero-order chi connectivity index (χ0) is 9.19. The molecule has 0 aromatic rings. The Morgan fingerprint density at radius 2 is 2.25 bits per heavy atom. The molecule has 1 heteroatoms.